The largest absolute Gasteiger partial charge is 0.494 e. The molecule has 1 saturated heterocycles. The highest BCUT2D eigenvalue weighted by Gasteiger charge is 2.33. The van der Waals surface area contributed by atoms with E-state index < -0.39 is 28.6 Å². The van der Waals surface area contributed by atoms with E-state index in [-0.39, 0.29) is 11.7 Å². The SMILES string of the molecule is COc1cc2nn(C3CCS(=O)CC3)cc2cc1NC(=O)c1cccc(C(F)(F)F)n1. The summed E-state index contributed by atoms with van der Waals surface area (Å²) in [4.78, 5) is 15.9. The Bertz CT molecular complexity index is 1150. The van der Waals surface area contributed by atoms with Crippen molar-refractivity contribution in [2.24, 2.45) is 0 Å². The number of rotatable bonds is 4. The van der Waals surface area contributed by atoms with Crippen LogP contribution in [0.3, 0.4) is 0 Å². The fraction of sp³-hybridized carbons (Fsp3) is 0.350. The molecule has 3 heterocycles. The number of ether oxygens (including phenoxy) is 1. The predicted molar refractivity (Wildman–Crippen MR) is 110 cm³/mol. The maximum Gasteiger partial charge on any atom is 0.433 e. The monoisotopic (exact) mass is 452 g/mol. The van der Waals surface area contributed by atoms with E-state index in [1.807, 2.05) is 10.9 Å². The third kappa shape index (κ3) is 4.55. The van der Waals surface area contributed by atoms with E-state index in [2.05, 4.69) is 15.4 Å². The van der Waals surface area contributed by atoms with Crippen molar-refractivity contribution in [2.45, 2.75) is 25.1 Å². The summed E-state index contributed by atoms with van der Waals surface area (Å²) in [5.74, 6) is 0.805. The van der Waals surface area contributed by atoms with E-state index in [1.54, 1.807) is 12.1 Å². The molecule has 0 spiro atoms. The van der Waals surface area contributed by atoms with Crippen LogP contribution in [-0.4, -0.2) is 43.5 Å². The van der Waals surface area contributed by atoms with Crippen molar-refractivity contribution in [1.82, 2.24) is 14.8 Å². The van der Waals surface area contributed by atoms with Gasteiger partial charge in [-0.15, -0.1) is 0 Å². The summed E-state index contributed by atoms with van der Waals surface area (Å²) in [5, 5.41) is 7.88. The number of amides is 1. The van der Waals surface area contributed by atoms with Crippen LogP contribution >= 0.6 is 0 Å². The van der Waals surface area contributed by atoms with Crippen molar-refractivity contribution in [3.05, 3.63) is 47.9 Å². The standard InChI is InChI=1S/C20H19F3N4O3S/c1-30-17-10-15-12(11-27(26-15)13-5-7-31(29)8-6-13)9-16(17)25-19(28)14-3-2-4-18(24-14)20(21,22)23/h2-4,9-11,13H,5-8H2,1H3,(H,25,28). The van der Waals surface area contributed by atoms with Gasteiger partial charge in [-0.1, -0.05) is 6.07 Å². The number of nitrogens with one attached hydrogen (secondary N) is 1. The molecule has 3 aromatic rings. The highest BCUT2D eigenvalue weighted by Crippen LogP contribution is 2.32. The zero-order chi connectivity index (χ0) is 22.2. The molecule has 1 aliphatic heterocycles. The van der Waals surface area contributed by atoms with Gasteiger partial charge in [0.1, 0.15) is 17.1 Å². The van der Waals surface area contributed by atoms with Crippen LogP contribution in [0, 0.1) is 0 Å². The number of carbonyl (C=O) groups excluding carboxylic acids is 1. The Kier molecular flexibility index (Phi) is 5.69. The lowest BCUT2D eigenvalue weighted by Crippen LogP contribution is -2.21. The number of benzene rings is 1. The summed E-state index contributed by atoms with van der Waals surface area (Å²) in [7, 11) is 0.645. The van der Waals surface area contributed by atoms with E-state index in [0.717, 1.165) is 30.4 Å². The molecular weight excluding hydrogens is 433 g/mol. The van der Waals surface area contributed by atoms with Crippen LogP contribution in [0.1, 0.15) is 35.1 Å². The van der Waals surface area contributed by atoms with E-state index >= 15 is 0 Å². The molecular formula is C20H19F3N4O3S. The normalized spacial score (nSPS) is 19.4. The molecule has 0 unspecified atom stereocenters. The molecule has 164 valence electrons. The van der Waals surface area contributed by atoms with E-state index in [9.17, 15) is 22.2 Å². The van der Waals surface area contributed by atoms with Gasteiger partial charge in [-0.3, -0.25) is 13.7 Å². The first-order valence-corrected chi connectivity index (χ1v) is 11.0. The van der Waals surface area contributed by atoms with Crippen molar-refractivity contribution in [3.63, 3.8) is 0 Å². The second kappa shape index (κ2) is 8.29. The molecule has 0 aliphatic carbocycles. The highest BCUT2D eigenvalue weighted by molar-refractivity contribution is 7.85. The van der Waals surface area contributed by atoms with Gasteiger partial charge in [0.15, 0.2) is 0 Å². The summed E-state index contributed by atoms with van der Waals surface area (Å²) in [6.45, 7) is 0. The van der Waals surface area contributed by atoms with E-state index in [4.69, 9.17) is 4.74 Å². The maximum atomic E-state index is 12.9. The van der Waals surface area contributed by atoms with Gasteiger partial charge < -0.3 is 10.1 Å². The van der Waals surface area contributed by atoms with E-state index in [0.29, 0.717) is 28.5 Å². The fourth-order valence-electron chi connectivity index (χ4n) is 3.48. The van der Waals surface area contributed by atoms with Crippen molar-refractivity contribution in [3.8, 4) is 5.75 Å². The minimum absolute atomic E-state index is 0.142. The molecule has 4 rings (SSSR count). The Morgan fingerprint density at radius 3 is 2.68 bits per heavy atom. The molecule has 0 saturated carbocycles. The Hall–Kier alpha value is -2.95. The molecule has 7 nitrogen and oxygen atoms in total. The Morgan fingerprint density at radius 1 is 1.26 bits per heavy atom. The highest BCUT2D eigenvalue weighted by atomic mass is 32.2. The predicted octanol–water partition coefficient (Wildman–Crippen LogP) is 3.79. The summed E-state index contributed by atoms with van der Waals surface area (Å²) in [5.41, 5.74) is -0.553. The van der Waals surface area contributed by atoms with Gasteiger partial charge in [0.05, 0.1) is 24.4 Å². The molecule has 2 aromatic heterocycles. The molecule has 1 aliphatic rings. The zero-order valence-electron chi connectivity index (χ0n) is 16.5. The van der Waals surface area contributed by atoms with Crippen molar-refractivity contribution in [2.75, 3.05) is 23.9 Å². The topological polar surface area (TPSA) is 86.1 Å². The smallest absolute Gasteiger partial charge is 0.433 e. The lowest BCUT2D eigenvalue weighted by molar-refractivity contribution is -0.141. The molecule has 1 N–H and O–H groups in total. The average Bonchev–Trinajstić information content (AvgIpc) is 3.16. The number of halogens is 3. The first-order chi connectivity index (χ1) is 14.7. The van der Waals surface area contributed by atoms with Gasteiger partial charge in [-0.25, -0.2) is 4.98 Å². The number of aromatic nitrogens is 3. The number of carbonyl (C=O) groups is 1. The fourth-order valence-corrected chi connectivity index (χ4v) is 4.75. The van der Waals surface area contributed by atoms with E-state index in [1.165, 1.54) is 13.2 Å². The first-order valence-electron chi connectivity index (χ1n) is 9.52. The lowest BCUT2D eigenvalue weighted by Gasteiger charge is -2.21. The Morgan fingerprint density at radius 2 is 2.00 bits per heavy atom. The average molecular weight is 452 g/mol. The first kappa shape index (κ1) is 21.3. The van der Waals surface area contributed by atoms with Gasteiger partial charge in [0.25, 0.3) is 5.91 Å². The number of methoxy groups -OCH3 is 1. The van der Waals surface area contributed by atoms with Crippen LogP contribution in [0.4, 0.5) is 18.9 Å². The minimum Gasteiger partial charge on any atom is -0.494 e. The summed E-state index contributed by atoms with van der Waals surface area (Å²) in [6.07, 6.45) is -1.27. The second-order valence-corrected chi connectivity index (χ2v) is 8.86. The Balaban J connectivity index is 1.61. The number of hydrogen-bond acceptors (Lipinski definition) is 5. The van der Waals surface area contributed by atoms with Crippen molar-refractivity contribution in [1.29, 1.82) is 0 Å². The van der Waals surface area contributed by atoms with Gasteiger partial charge >= 0.3 is 6.18 Å². The van der Waals surface area contributed by atoms with Gasteiger partial charge in [0.2, 0.25) is 0 Å². The molecule has 1 fully saturated rings. The van der Waals surface area contributed by atoms with Crippen LogP contribution in [0.25, 0.3) is 10.9 Å². The molecule has 11 heteroatoms. The van der Waals surface area contributed by atoms with Crippen LogP contribution in [0.5, 0.6) is 5.75 Å². The molecule has 1 amide bonds. The number of alkyl halides is 3. The summed E-state index contributed by atoms with van der Waals surface area (Å²) in [6, 6.07) is 6.60. The molecule has 0 atom stereocenters. The second-order valence-electron chi connectivity index (χ2n) is 7.16. The minimum atomic E-state index is -4.65. The number of pyridine rings is 1. The number of hydrogen-bond donors (Lipinski definition) is 1. The summed E-state index contributed by atoms with van der Waals surface area (Å²) < 4.78 is 57.4. The van der Waals surface area contributed by atoms with Gasteiger partial charge in [0, 0.05) is 40.0 Å². The number of fused-ring (bicyclic) bond motifs is 1. The Labute approximate surface area is 178 Å². The molecule has 1 aromatic carbocycles. The lowest BCUT2D eigenvalue weighted by atomic mass is 10.1. The van der Waals surface area contributed by atoms with Crippen molar-refractivity contribution < 1.29 is 26.9 Å². The molecule has 31 heavy (non-hydrogen) atoms. The quantitative estimate of drug-likeness (QED) is 0.651. The van der Waals surface area contributed by atoms with Crippen molar-refractivity contribution >= 4 is 33.3 Å². The van der Waals surface area contributed by atoms with Gasteiger partial charge in [-0.2, -0.15) is 18.3 Å². The van der Waals surface area contributed by atoms with Crippen LogP contribution in [0.2, 0.25) is 0 Å². The van der Waals surface area contributed by atoms with Crippen LogP contribution < -0.4 is 10.1 Å². The maximum absolute atomic E-state index is 12.9. The van der Waals surface area contributed by atoms with Crippen LogP contribution in [-0.2, 0) is 17.0 Å². The van der Waals surface area contributed by atoms with Crippen LogP contribution in [0.15, 0.2) is 36.5 Å². The molecule has 0 bridgehead atoms. The molecule has 0 radical (unpaired) electrons. The zero-order valence-corrected chi connectivity index (χ0v) is 17.3. The number of anilines is 1. The summed E-state index contributed by atoms with van der Waals surface area (Å²) >= 11 is 0. The third-order valence-electron chi connectivity index (χ3n) is 5.10. The third-order valence-corrected chi connectivity index (χ3v) is 6.48. The number of nitrogens with zero attached hydrogens (tertiary/aromatic N) is 3. The van der Waals surface area contributed by atoms with Gasteiger partial charge in [-0.05, 0) is 31.0 Å².